The summed E-state index contributed by atoms with van der Waals surface area (Å²) in [5, 5.41) is 15.2. The van der Waals surface area contributed by atoms with E-state index in [2.05, 4.69) is 16.4 Å². The highest BCUT2D eigenvalue weighted by Gasteiger charge is 2.16. The van der Waals surface area contributed by atoms with Crippen LogP contribution in [0.4, 0.5) is 5.69 Å². The number of nitrogens with one attached hydrogen (secondary N) is 1. The van der Waals surface area contributed by atoms with Gasteiger partial charge in [0.2, 0.25) is 6.79 Å². The van der Waals surface area contributed by atoms with Crippen molar-refractivity contribution < 1.29 is 19.0 Å². The van der Waals surface area contributed by atoms with Crippen LogP contribution in [0.1, 0.15) is 28.7 Å². The average Bonchev–Trinajstić information content (AvgIpc) is 3.47. The molecule has 0 radical (unpaired) electrons. The van der Waals surface area contributed by atoms with Crippen molar-refractivity contribution in [2.24, 2.45) is 0 Å². The van der Waals surface area contributed by atoms with Gasteiger partial charge in [-0.05, 0) is 48.9 Å². The quantitative estimate of drug-likeness (QED) is 0.410. The summed E-state index contributed by atoms with van der Waals surface area (Å²) in [7, 11) is 0. The summed E-state index contributed by atoms with van der Waals surface area (Å²) < 4.78 is 15.9. The lowest BCUT2D eigenvalue weighted by Gasteiger charge is -2.05. The zero-order valence-electron chi connectivity index (χ0n) is 16.8. The minimum Gasteiger partial charge on any atom is -0.462 e. The summed E-state index contributed by atoms with van der Waals surface area (Å²) in [6.45, 7) is 2.56. The van der Waals surface area contributed by atoms with E-state index in [-0.39, 0.29) is 12.8 Å². The molecule has 1 aromatic heterocycles. The number of carbonyl (C=O) groups is 1. The van der Waals surface area contributed by atoms with Gasteiger partial charge in [-0.2, -0.15) is 5.26 Å². The number of aromatic nitrogens is 1. The van der Waals surface area contributed by atoms with Gasteiger partial charge < -0.3 is 19.5 Å². The number of esters is 1. The molecule has 2 aromatic carbocycles. The van der Waals surface area contributed by atoms with Crippen LogP contribution in [0, 0.1) is 11.3 Å². The molecule has 4 rings (SSSR count). The molecule has 0 atom stereocenters. The maximum atomic E-state index is 11.9. The number of fused-ring (bicyclic) bond motifs is 1. The van der Waals surface area contributed by atoms with Gasteiger partial charge in [0.25, 0.3) is 0 Å². The predicted molar refractivity (Wildman–Crippen MR) is 118 cm³/mol. The first kappa shape index (κ1) is 20.4. The van der Waals surface area contributed by atoms with E-state index < -0.39 is 0 Å². The molecule has 0 aliphatic carbocycles. The number of allylic oxidation sites excluding steroid dienone is 1. The van der Waals surface area contributed by atoms with Gasteiger partial charge in [-0.15, -0.1) is 11.3 Å². The average molecular weight is 433 g/mol. The van der Waals surface area contributed by atoms with Gasteiger partial charge in [-0.25, -0.2) is 9.78 Å². The van der Waals surface area contributed by atoms with Crippen molar-refractivity contribution in [2.75, 3.05) is 18.7 Å². The van der Waals surface area contributed by atoms with E-state index >= 15 is 0 Å². The smallest absolute Gasteiger partial charge is 0.338 e. The fraction of sp³-hybridized carbons (Fsp3) is 0.174. The van der Waals surface area contributed by atoms with Crippen LogP contribution in [-0.2, 0) is 4.74 Å². The van der Waals surface area contributed by atoms with Gasteiger partial charge >= 0.3 is 5.97 Å². The van der Waals surface area contributed by atoms with Crippen LogP contribution in [0.2, 0.25) is 0 Å². The molecule has 3 aromatic rings. The maximum absolute atomic E-state index is 11.9. The lowest BCUT2D eigenvalue weighted by Crippen LogP contribution is -2.05. The number of hydrogen-bond acceptors (Lipinski definition) is 8. The molecular weight excluding hydrogens is 414 g/mol. The Balaban J connectivity index is 1.46. The van der Waals surface area contributed by atoms with Crippen LogP contribution < -0.4 is 14.8 Å². The van der Waals surface area contributed by atoms with Crippen LogP contribution in [0.5, 0.6) is 11.5 Å². The first-order chi connectivity index (χ1) is 15.2. The van der Waals surface area contributed by atoms with Crippen molar-refractivity contribution in [3.8, 4) is 28.8 Å². The van der Waals surface area contributed by atoms with Crippen molar-refractivity contribution in [3.63, 3.8) is 0 Å². The molecule has 1 aliphatic rings. The van der Waals surface area contributed by atoms with Gasteiger partial charge in [-0.1, -0.05) is 6.92 Å². The van der Waals surface area contributed by atoms with Gasteiger partial charge in [0, 0.05) is 22.8 Å². The number of ether oxygens (including phenoxy) is 3. The predicted octanol–water partition coefficient (Wildman–Crippen LogP) is 5.08. The zero-order chi connectivity index (χ0) is 21.6. The minimum absolute atomic E-state index is 0.217. The molecule has 1 aliphatic heterocycles. The lowest BCUT2D eigenvalue weighted by molar-refractivity contribution is 0.0505. The summed E-state index contributed by atoms with van der Waals surface area (Å²) in [4.78, 5) is 16.5. The van der Waals surface area contributed by atoms with Crippen molar-refractivity contribution in [2.45, 2.75) is 13.3 Å². The van der Waals surface area contributed by atoms with Crippen molar-refractivity contribution in [3.05, 3.63) is 64.6 Å². The second kappa shape index (κ2) is 9.32. The SMILES string of the molecule is CCCOC(=O)c1ccc(NC=C(C#N)c2nc(-c3ccc4c(c3)OCO4)cs2)cc1. The molecule has 0 saturated carbocycles. The monoisotopic (exact) mass is 433 g/mol. The Hall–Kier alpha value is -3.83. The first-order valence-electron chi connectivity index (χ1n) is 9.68. The number of hydrogen-bond donors (Lipinski definition) is 1. The van der Waals surface area contributed by atoms with Crippen LogP contribution in [0.25, 0.3) is 16.8 Å². The topological polar surface area (TPSA) is 93.5 Å². The molecule has 31 heavy (non-hydrogen) atoms. The van der Waals surface area contributed by atoms with Gasteiger partial charge in [0.1, 0.15) is 16.6 Å². The van der Waals surface area contributed by atoms with Gasteiger partial charge in [0.05, 0.1) is 17.9 Å². The van der Waals surface area contributed by atoms with E-state index in [9.17, 15) is 10.1 Å². The Labute approximate surface area is 183 Å². The highest BCUT2D eigenvalue weighted by atomic mass is 32.1. The Morgan fingerprint density at radius 3 is 2.84 bits per heavy atom. The second-order valence-electron chi connectivity index (χ2n) is 6.63. The maximum Gasteiger partial charge on any atom is 0.338 e. The minimum atomic E-state index is -0.347. The molecular formula is C23H19N3O4S. The third kappa shape index (κ3) is 4.68. The van der Waals surface area contributed by atoms with Crippen LogP contribution >= 0.6 is 11.3 Å². The number of benzene rings is 2. The molecule has 156 valence electrons. The van der Waals surface area contributed by atoms with Crippen LogP contribution in [0.15, 0.2) is 54.0 Å². The van der Waals surface area contributed by atoms with Crippen LogP contribution in [-0.4, -0.2) is 24.4 Å². The number of rotatable bonds is 7. The second-order valence-corrected chi connectivity index (χ2v) is 7.49. The highest BCUT2D eigenvalue weighted by molar-refractivity contribution is 7.11. The molecule has 1 N–H and O–H groups in total. The van der Waals surface area contributed by atoms with Crippen molar-refractivity contribution >= 4 is 28.6 Å². The standard InChI is InChI=1S/C23H19N3O4S/c1-2-9-28-23(27)15-3-6-18(7-4-15)25-12-17(11-24)22-26-19(13-31-22)16-5-8-20-21(10-16)30-14-29-20/h3-8,10,12-13,25H,2,9,14H2,1H3. The fourth-order valence-electron chi connectivity index (χ4n) is 2.86. The third-order valence-electron chi connectivity index (χ3n) is 4.46. The molecule has 7 nitrogen and oxygen atoms in total. The summed E-state index contributed by atoms with van der Waals surface area (Å²) in [6, 6.07) is 14.7. The first-order valence-corrected chi connectivity index (χ1v) is 10.6. The molecule has 0 saturated heterocycles. The largest absolute Gasteiger partial charge is 0.462 e. The third-order valence-corrected chi connectivity index (χ3v) is 5.34. The van der Waals surface area contributed by atoms with Gasteiger partial charge in [0.15, 0.2) is 11.5 Å². The lowest BCUT2D eigenvalue weighted by atomic mass is 10.1. The van der Waals surface area contributed by atoms with Gasteiger partial charge in [-0.3, -0.25) is 0 Å². The normalized spacial score (nSPS) is 12.3. The molecule has 0 spiro atoms. The molecule has 0 fully saturated rings. The van der Waals surface area contributed by atoms with E-state index in [1.165, 1.54) is 11.3 Å². The van der Waals surface area contributed by atoms with Crippen molar-refractivity contribution in [1.82, 2.24) is 4.98 Å². The molecule has 0 amide bonds. The molecule has 0 unspecified atom stereocenters. The number of anilines is 1. The van der Waals surface area contributed by atoms with E-state index in [0.29, 0.717) is 34.3 Å². The Morgan fingerprint density at radius 1 is 1.26 bits per heavy atom. The number of nitrogens with zero attached hydrogens (tertiary/aromatic N) is 2. The number of thiazole rings is 1. The summed E-state index contributed by atoms with van der Waals surface area (Å²) in [6.07, 6.45) is 2.38. The fourth-order valence-corrected chi connectivity index (χ4v) is 3.66. The zero-order valence-corrected chi connectivity index (χ0v) is 17.6. The Morgan fingerprint density at radius 2 is 2.06 bits per heavy atom. The Bertz CT molecular complexity index is 1160. The van der Waals surface area contributed by atoms with Crippen molar-refractivity contribution in [1.29, 1.82) is 5.26 Å². The van der Waals surface area contributed by atoms with E-state index in [4.69, 9.17) is 14.2 Å². The van der Waals surface area contributed by atoms with Crippen LogP contribution in [0.3, 0.4) is 0 Å². The summed E-state index contributed by atoms with van der Waals surface area (Å²) in [5.74, 6) is 1.05. The number of nitriles is 1. The number of carbonyl (C=O) groups excluding carboxylic acids is 1. The molecule has 2 heterocycles. The molecule has 0 bridgehead atoms. The van der Waals surface area contributed by atoms with E-state index in [1.54, 1.807) is 30.5 Å². The highest BCUT2D eigenvalue weighted by Crippen LogP contribution is 2.36. The summed E-state index contributed by atoms with van der Waals surface area (Å²) in [5.41, 5.74) is 3.28. The van der Waals surface area contributed by atoms with E-state index in [0.717, 1.165) is 23.4 Å². The van der Waals surface area contributed by atoms with E-state index in [1.807, 2.05) is 30.5 Å². The molecule has 8 heteroatoms. The Kier molecular flexibility index (Phi) is 6.15. The summed E-state index contributed by atoms with van der Waals surface area (Å²) >= 11 is 1.38.